The van der Waals surface area contributed by atoms with Crippen LogP contribution in [0.3, 0.4) is 0 Å². The second kappa shape index (κ2) is 9.08. The molecule has 0 fully saturated rings. The van der Waals surface area contributed by atoms with Crippen LogP contribution in [0.1, 0.15) is 60.2 Å². The third-order valence-corrected chi connectivity index (χ3v) is 5.67. The van der Waals surface area contributed by atoms with Gasteiger partial charge in [-0.05, 0) is 54.8 Å². The Kier molecular flexibility index (Phi) is 6.23. The van der Waals surface area contributed by atoms with Gasteiger partial charge in [-0.25, -0.2) is 4.68 Å². The fourth-order valence-electron chi connectivity index (χ4n) is 3.41. The molecule has 2 aromatic carbocycles. The van der Waals surface area contributed by atoms with Gasteiger partial charge in [-0.3, -0.25) is 4.79 Å². The third kappa shape index (κ3) is 4.65. The van der Waals surface area contributed by atoms with Crippen molar-refractivity contribution in [3.05, 3.63) is 81.8 Å². The minimum atomic E-state index is -0.145. The fourth-order valence-corrected chi connectivity index (χ4v) is 3.68. The number of nitrogens with one attached hydrogen (secondary N) is 1. The minimum absolute atomic E-state index is 0.123. The van der Waals surface area contributed by atoms with Crippen molar-refractivity contribution in [2.45, 2.75) is 39.7 Å². The number of benzene rings is 2. The summed E-state index contributed by atoms with van der Waals surface area (Å²) in [5, 5.41) is 15.7. The van der Waals surface area contributed by atoms with E-state index < -0.39 is 0 Å². The molecule has 32 heavy (non-hydrogen) atoms. The molecule has 2 heterocycles. The number of hydrogen-bond donors (Lipinski definition) is 1. The average molecular weight is 494 g/mol. The summed E-state index contributed by atoms with van der Waals surface area (Å²) in [6, 6.07) is 17.2. The molecular formula is C24H24BrN5O2. The van der Waals surface area contributed by atoms with Crippen LogP contribution in [0, 0.1) is 6.92 Å². The van der Waals surface area contributed by atoms with Crippen LogP contribution in [0.15, 0.2) is 63.5 Å². The van der Waals surface area contributed by atoms with E-state index in [0.29, 0.717) is 23.0 Å². The highest BCUT2D eigenvalue weighted by Crippen LogP contribution is 2.26. The van der Waals surface area contributed by atoms with Crippen molar-refractivity contribution in [2.24, 2.45) is 0 Å². The van der Waals surface area contributed by atoms with E-state index in [2.05, 4.69) is 50.4 Å². The van der Waals surface area contributed by atoms with Gasteiger partial charge in [0, 0.05) is 22.7 Å². The van der Waals surface area contributed by atoms with E-state index in [0.717, 1.165) is 21.4 Å². The Labute approximate surface area is 195 Å². The molecule has 1 amide bonds. The summed E-state index contributed by atoms with van der Waals surface area (Å²) in [5.74, 6) is 0.919. The Morgan fingerprint density at radius 3 is 2.47 bits per heavy atom. The van der Waals surface area contributed by atoms with E-state index in [-0.39, 0.29) is 17.9 Å². The van der Waals surface area contributed by atoms with Gasteiger partial charge in [-0.15, -0.1) is 10.2 Å². The zero-order valence-corrected chi connectivity index (χ0v) is 19.9. The van der Waals surface area contributed by atoms with Gasteiger partial charge >= 0.3 is 0 Å². The standard InChI is InChI=1S/C24H24BrN5O2/c1-14(2)22-13-21(24-28-27-16(4)32-24)29-30(22)20-7-5-6-18(12-20)23(31)26-15(3)17-8-10-19(25)11-9-17/h5-15H,1-4H3,(H,26,31). The lowest BCUT2D eigenvalue weighted by molar-refractivity contribution is 0.0940. The van der Waals surface area contributed by atoms with Crippen LogP contribution in [0.5, 0.6) is 0 Å². The molecule has 0 aliphatic rings. The molecule has 1 atom stereocenters. The molecule has 0 saturated heterocycles. The zero-order chi connectivity index (χ0) is 22.8. The summed E-state index contributed by atoms with van der Waals surface area (Å²) < 4.78 is 8.37. The van der Waals surface area contributed by atoms with Crippen molar-refractivity contribution in [3.63, 3.8) is 0 Å². The van der Waals surface area contributed by atoms with Crippen molar-refractivity contribution in [3.8, 4) is 17.3 Å². The van der Waals surface area contributed by atoms with Crippen LogP contribution in [-0.4, -0.2) is 25.9 Å². The number of nitrogens with zero attached hydrogens (tertiary/aromatic N) is 4. The van der Waals surface area contributed by atoms with Gasteiger partial charge in [-0.2, -0.15) is 5.10 Å². The van der Waals surface area contributed by atoms with Crippen molar-refractivity contribution in [2.75, 3.05) is 0 Å². The summed E-state index contributed by atoms with van der Waals surface area (Å²) in [5.41, 5.74) is 3.98. The van der Waals surface area contributed by atoms with Crippen molar-refractivity contribution < 1.29 is 9.21 Å². The number of carbonyl (C=O) groups is 1. The first-order valence-electron chi connectivity index (χ1n) is 10.4. The van der Waals surface area contributed by atoms with E-state index in [1.807, 2.05) is 60.1 Å². The Hall–Kier alpha value is -3.26. The number of aryl methyl sites for hydroxylation is 1. The number of hydrogen-bond acceptors (Lipinski definition) is 5. The van der Waals surface area contributed by atoms with Gasteiger partial charge in [-0.1, -0.05) is 48.0 Å². The molecular weight excluding hydrogens is 470 g/mol. The quantitative estimate of drug-likeness (QED) is 0.377. The zero-order valence-electron chi connectivity index (χ0n) is 18.3. The first-order valence-corrected chi connectivity index (χ1v) is 11.2. The highest BCUT2D eigenvalue weighted by Gasteiger charge is 2.19. The van der Waals surface area contributed by atoms with Gasteiger partial charge < -0.3 is 9.73 Å². The summed E-state index contributed by atoms with van der Waals surface area (Å²) in [4.78, 5) is 12.9. The molecule has 8 heteroatoms. The molecule has 1 N–H and O–H groups in total. The highest BCUT2D eigenvalue weighted by atomic mass is 79.9. The second-order valence-corrected chi connectivity index (χ2v) is 8.86. The maximum absolute atomic E-state index is 12.9. The summed E-state index contributed by atoms with van der Waals surface area (Å²) in [7, 11) is 0. The first-order chi connectivity index (χ1) is 15.3. The smallest absolute Gasteiger partial charge is 0.268 e. The Balaban J connectivity index is 1.61. The van der Waals surface area contributed by atoms with Crippen LogP contribution < -0.4 is 5.32 Å². The lowest BCUT2D eigenvalue weighted by Gasteiger charge is -2.15. The van der Waals surface area contributed by atoms with E-state index in [1.165, 1.54) is 0 Å². The van der Waals surface area contributed by atoms with Crippen LogP contribution in [0.2, 0.25) is 0 Å². The number of aromatic nitrogens is 4. The average Bonchev–Trinajstić information content (AvgIpc) is 3.41. The van der Waals surface area contributed by atoms with E-state index in [1.54, 1.807) is 13.0 Å². The van der Waals surface area contributed by atoms with Gasteiger partial charge in [0.05, 0.1) is 11.7 Å². The van der Waals surface area contributed by atoms with Crippen molar-refractivity contribution in [1.82, 2.24) is 25.3 Å². The van der Waals surface area contributed by atoms with Crippen LogP contribution in [-0.2, 0) is 0 Å². The number of amides is 1. The molecule has 0 spiro atoms. The number of halogens is 1. The highest BCUT2D eigenvalue weighted by molar-refractivity contribution is 9.10. The molecule has 0 radical (unpaired) electrons. The molecule has 0 aliphatic carbocycles. The van der Waals surface area contributed by atoms with E-state index >= 15 is 0 Å². The predicted molar refractivity (Wildman–Crippen MR) is 126 cm³/mol. The molecule has 2 aromatic heterocycles. The normalized spacial score (nSPS) is 12.2. The lowest BCUT2D eigenvalue weighted by Crippen LogP contribution is -2.26. The lowest BCUT2D eigenvalue weighted by atomic mass is 10.1. The summed E-state index contributed by atoms with van der Waals surface area (Å²) >= 11 is 3.44. The molecule has 164 valence electrons. The van der Waals surface area contributed by atoms with Gasteiger partial charge in [0.1, 0.15) is 5.69 Å². The molecule has 4 rings (SSSR count). The first kappa shape index (κ1) is 22.0. The SMILES string of the molecule is Cc1nnc(-c2cc(C(C)C)n(-c3cccc(C(=O)NC(C)c4ccc(Br)cc4)c3)n2)o1. The molecule has 4 aromatic rings. The Morgan fingerprint density at radius 1 is 1.06 bits per heavy atom. The second-order valence-electron chi connectivity index (χ2n) is 7.94. The predicted octanol–water partition coefficient (Wildman–Crippen LogP) is 5.61. The van der Waals surface area contributed by atoms with Gasteiger partial charge in [0.15, 0.2) is 0 Å². The monoisotopic (exact) mass is 493 g/mol. The molecule has 0 saturated carbocycles. The summed E-state index contributed by atoms with van der Waals surface area (Å²) in [6.07, 6.45) is 0. The summed E-state index contributed by atoms with van der Waals surface area (Å²) in [6.45, 7) is 7.89. The van der Waals surface area contributed by atoms with Gasteiger partial charge in [0.2, 0.25) is 5.89 Å². The topological polar surface area (TPSA) is 85.8 Å². The largest absolute Gasteiger partial charge is 0.420 e. The van der Waals surface area contributed by atoms with E-state index in [4.69, 9.17) is 4.42 Å². The third-order valence-electron chi connectivity index (χ3n) is 5.14. The molecule has 1 unspecified atom stereocenters. The maximum Gasteiger partial charge on any atom is 0.268 e. The van der Waals surface area contributed by atoms with Gasteiger partial charge in [0.25, 0.3) is 11.8 Å². The van der Waals surface area contributed by atoms with Crippen LogP contribution >= 0.6 is 15.9 Å². The molecule has 0 aliphatic heterocycles. The van der Waals surface area contributed by atoms with E-state index in [9.17, 15) is 4.79 Å². The van der Waals surface area contributed by atoms with Crippen molar-refractivity contribution >= 4 is 21.8 Å². The minimum Gasteiger partial charge on any atom is -0.420 e. The fraction of sp³-hybridized carbons (Fsp3) is 0.250. The van der Waals surface area contributed by atoms with Crippen molar-refractivity contribution in [1.29, 1.82) is 0 Å². The molecule has 7 nitrogen and oxygen atoms in total. The Bertz CT molecular complexity index is 1240. The Morgan fingerprint density at radius 2 is 1.81 bits per heavy atom. The van der Waals surface area contributed by atoms with Crippen LogP contribution in [0.4, 0.5) is 0 Å². The van der Waals surface area contributed by atoms with Crippen LogP contribution in [0.25, 0.3) is 17.3 Å². The number of rotatable bonds is 6. The number of carbonyl (C=O) groups excluding carboxylic acids is 1. The molecule has 0 bridgehead atoms. The maximum atomic E-state index is 12.9.